The summed E-state index contributed by atoms with van der Waals surface area (Å²) >= 11 is 0. The Labute approximate surface area is 232 Å². The predicted octanol–water partition coefficient (Wildman–Crippen LogP) is 6.13. The Hall–Kier alpha value is -5.17. The number of nitrogens with zero attached hydrogens (tertiary/aromatic N) is 1. The molecule has 0 unspecified atom stereocenters. The van der Waals surface area contributed by atoms with Gasteiger partial charge in [-0.25, -0.2) is 9.69 Å². The first-order chi connectivity index (χ1) is 19.4. The molecule has 4 aromatic carbocycles. The van der Waals surface area contributed by atoms with Crippen LogP contribution >= 0.6 is 0 Å². The molecule has 0 aliphatic carbocycles. The van der Waals surface area contributed by atoms with Crippen LogP contribution in [-0.2, 0) is 22.6 Å². The van der Waals surface area contributed by atoms with Crippen LogP contribution in [0.3, 0.4) is 0 Å². The minimum atomic E-state index is -0.793. The highest BCUT2D eigenvalue weighted by Crippen LogP contribution is 2.36. The SMILES string of the molecule is C=CCc1cc(/C=C2\C(=O)NC(=O)N(c3ccc(C)cc3)C2=O)cc(OC)c1OCc1cccc2ccccc12. The van der Waals surface area contributed by atoms with Crippen LogP contribution < -0.4 is 19.7 Å². The summed E-state index contributed by atoms with van der Waals surface area (Å²) in [7, 11) is 1.53. The molecule has 4 aromatic rings. The van der Waals surface area contributed by atoms with Crippen molar-refractivity contribution in [1.82, 2.24) is 5.32 Å². The summed E-state index contributed by atoms with van der Waals surface area (Å²) in [6.45, 7) is 6.08. The number of amides is 4. The maximum atomic E-state index is 13.3. The van der Waals surface area contributed by atoms with E-state index in [1.165, 1.54) is 13.2 Å². The van der Waals surface area contributed by atoms with E-state index >= 15 is 0 Å². The summed E-state index contributed by atoms with van der Waals surface area (Å²) in [6.07, 6.45) is 3.66. The number of barbiturate groups is 1. The Morgan fingerprint density at radius 1 is 0.925 bits per heavy atom. The number of benzene rings is 4. The van der Waals surface area contributed by atoms with Gasteiger partial charge in [0.15, 0.2) is 11.5 Å². The summed E-state index contributed by atoms with van der Waals surface area (Å²) in [6, 6.07) is 23.8. The van der Waals surface area contributed by atoms with Crippen molar-refractivity contribution in [2.45, 2.75) is 20.0 Å². The highest BCUT2D eigenvalue weighted by molar-refractivity contribution is 6.39. The molecule has 7 heteroatoms. The molecule has 5 rings (SSSR count). The molecule has 0 spiro atoms. The van der Waals surface area contributed by atoms with Crippen molar-refractivity contribution >= 4 is 40.4 Å². The van der Waals surface area contributed by atoms with Crippen molar-refractivity contribution in [3.05, 3.63) is 119 Å². The second-order valence-corrected chi connectivity index (χ2v) is 9.42. The highest BCUT2D eigenvalue weighted by Gasteiger charge is 2.36. The van der Waals surface area contributed by atoms with Crippen molar-refractivity contribution in [2.75, 3.05) is 12.0 Å². The quantitative estimate of drug-likeness (QED) is 0.168. The van der Waals surface area contributed by atoms with Gasteiger partial charge in [-0.15, -0.1) is 6.58 Å². The van der Waals surface area contributed by atoms with Crippen LogP contribution in [0.25, 0.3) is 16.8 Å². The highest BCUT2D eigenvalue weighted by atomic mass is 16.5. The molecular formula is C33H28N2O5. The molecule has 200 valence electrons. The van der Waals surface area contributed by atoms with E-state index in [0.717, 1.165) is 32.4 Å². The number of urea groups is 1. The third-order valence-corrected chi connectivity index (χ3v) is 6.70. The van der Waals surface area contributed by atoms with Gasteiger partial charge in [-0.3, -0.25) is 14.9 Å². The summed E-state index contributed by atoms with van der Waals surface area (Å²) < 4.78 is 12.0. The summed E-state index contributed by atoms with van der Waals surface area (Å²) in [5.74, 6) is -0.480. The van der Waals surface area contributed by atoms with E-state index in [-0.39, 0.29) is 5.57 Å². The van der Waals surface area contributed by atoms with Crippen molar-refractivity contribution < 1.29 is 23.9 Å². The average molecular weight is 533 g/mol. The monoisotopic (exact) mass is 532 g/mol. The largest absolute Gasteiger partial charge is 0.493 e. The van der Waals surface area contributed by atoms with Crippen LogP contribution in [0.15, 0.2) is 97.1 Å². The van der Waals surface area contributed by atoms with Gasteiger partial charge >= 0.3 is 6.03 Å². The first kappa shape index (κ1) is 26.4. The van der Waals surface area contributed by atoms with Crippen molar-refractivity contribution in [2.24, 2.45) is 0 Å². The zero-order chi connectivity index (χ0) is 28.2. The number of ether oxygens (including phenoxy) is 2. The maximum Gasteiger partial charge on any atom is 0.335 e. The number of imide groups is 2. The number of carbonyl (C=O) groups excluding carboxylic acids is 3. The summed E-state index contributed by atoms with van der Waals surface area (Å²) in [5.41, 5.74) is 3.52. The fourth-order valence-electron chi connectivity index (χ4n) is 4.71. The lowest BCUT2D eigenvalue weighted by atomic mass is 10.0. The molecule has 1 aliphatic heterocycles. The number of allylic oxidation sites excluding steroid dienone is 1. The number of rotatable bonds is 8. The van der Waals surface area contributed by atoms with Gasteiger partial charge in [0.25, 0.3) is 11.8 Å². The van der Waals surface area contributed by atoms with E-state index in [0.29, 0.717) is 35.8 Å². The third-order valence-electron chi connectivity index (χ3n) is 6.70. The standard InChI is InChI=1S/C33H28N2O5/c1-4-8-24-17-22(18-28-31(36)34-33(38)35(32(28)37)26-15-13-21(2)14-16-26)19-29(39-3)30(24)40-20-25-11-7-10-23-9-5-6-12-27(23)25/h4-7,9-19H,1,8,20H2,2-3H3,(H,34,36,38)/b28-18+. The topological polar surface area (TPSA) is 84.9 Å². The first-order valence-electron chi connectivity index (χ1n) is 12.8. The normalized spacial score (nSPS) is 14.4. The van der Waals surface area contributed by atoms with Gasteiger partial charge in [-0.05, 0) is 65.6 Å². The number of hydrogen-bond acceptors (Lipinski definition) is 5. The zero-order valence-corrected chi connectivity index (χ0v) is 22.3. The van der Waals surface area contributed by atoms with E-state index < -0.39 is 17.8 Å². The molecule has 1 heterocycles. The van der Waals surface area contributed by atoms with Gasteiger partial charge in [-0.2, -0.15) is 0 Å². The predicted molar refractivity (Wildman–Crippen MR) is 155 cm³/mol. The van der Waals surface area contributed by atoms with Crippen molar-refractivity contribution in [1.29, 1.82) is 0 Å². The van der Waals surface area contributed by atoms with Crippen LogP contribution in [0.1, 0.15) is 22.3 Å². The molecular weight excluding hydrogens is 504 g/mol. The smallest absolute Gasteiger partial charge is 0.335 e. The molecule has 4 amide bonds. The summed E-state index contributed by atoms with van der Waals surface area (Å²) in [5, 5.41) is 4.49. The van der Waals surface area contributed by atoms with Gasteiger partial charge in [0.1, 0.15) is 12.2 Å². The van der Waals surface area contributed by atoms with Gasteiger partial charge in [0, 0.05) is 5.56 Å². The van der Waals surface area contributed by atoms with Crippen LogP contribution in [0.5, 0.6) is 11.5 Å². The van der Waals surface area contributed by atoms with Gasteiger partial charge in [0.05, 0.1) is 12.8 Å². The first-order valence-corrected chi connectivity index (χ1v) is 12.8. The van der Waals surface area contributed by atoms with Gasteiger partial charge in [0.2, 0.25) is 0 Å². The lowest BCUT2D eigenvalue weighted by Gasteiger charge is -2.26. The molecule has 0 saturated carbocycles. The number of anilines is 1. The Bertz CT molecular complexity index is 1670. The van der Waals surface area contributed by atoms with E-state index in [1.54, 1.807) is 36.4 Å². The molecule has 1 N–H and O–H groups in total. The van der Waals surface area contributed by atoms with Crippen LogP contribution in [-0.4, -0.2) is 25.0 Å². The number of aryl methyl sites for hydroxylation is 1. The minimum Gasteiger partial charge on any atom is -0.493 e. The molecule has 7 nitrogen and oxygen atoms in total. The molecule has 0 bridgehead atoms. The second kappa shape index (κ2) is 11.3. The van der Waals surface area contributed by atoms with Gasteiger partial charge in [-0.1, -0.05) is 66.2 Å². The Kier molecular flexibility index (Phi) is 7.46. The summed E-state index contributed by atoms with van der Waals surface area (Å²) in [4.78, 5) is 39.6. The fourth-order valence-corrected chi connectivity index (χ4v) is 4.71. The number of nitrogens with one attached hydrogen (secondary N) is 1. The van der Waals surface area contributed by atoms with Gasteiger partial charge < -0.3 is 9.47 Å². The van der Waals surface area contributed by atoms with Crippen LogP contribution in [0.4, 0.5) is 10.5 Å². The zero-order valence-electron chi connectivity index (χ0n) is 22.3. The molecule has 0 atom stereocenters. The lowest BCUT2D eigenvalue weighted by molar-refractivity contribution is -0.122. The number of hydrogen-bond donors (Lipinski definition) is 1. The molecule has 40 heavy (non-hydrogen) atoms. The second-order valence-electron chi connectivity index (χ2n) is 9.42. The molecule has 1 fully saturated rings. The molecule has 0 radical (unpaired) electrons. The molecule has 1 aliphatic rings. The lowest BCUT2D eigenvalue weighted by Crippen LogP contribution is -2.54. The van der Waals surface area contributed by atoms with E-state index in [9.17, 15) is 14.4 Å². The third kappa shape index (κ3) is 5.22. The maximum absolute atomic E-state index is 13.3. The fraction of sp³-hybridized carbons (Fsp3) is 0.121. The van der Waals surface area contributed by atoms with E-state index in [4.69, 9.17) is 9.47 Å². The Morgan fingerprint density at radius 3 is 2.42 bits per heavy atom. The molecule has 1 saturated heterocycles. The molecule has 0 aromatic heterocycles. The van der Waals surface area contributed by atoms with Crippen LogP contribution in [0, 0.1) is 6.92 Å². The van der Waals surface area contributed by atoms with Crippen molar-refractivity contribution in [3.63, 3.8) is 0 Å². The van der Waals surface area contributed by atoms with E-state index in [1.807, 2.05) is 37.3 Å². The Balaban J connectivity index is 1.49. The van der Waals surface area contributed by atoms with Crippen LogP contribution in [0.2, 0.25) is 0 Å². The van der Waals surface area contributed by atoms with E-state index in [2.05, 4.69) is 30.1 Å². The number of methoxy groups -OCH3 is 1. The average Bonchev–Trinajstić information content (AvgIpc) is 2.95. The number of carbonyl (C=O) groups is 3. The van der Waals surface area contributed by atoms with Crippen molar-refractivity contribution in [3.8, 4) is 11.5 Å². The Morgan fingerprint density at radius 2 is 1.68 bits per heavy atom. The minimum absolute atomic E-state index is 0.170. The number of fused-ring (bicyclic) bond motifs is 1.